The molecule has 7 heteroatoms. The Morgan fingerprint density at radius 2 is 2.00 bits per heavy atom. The summed E-state index contributed by atoms with van der Waals surface area (Å²) in [6, 6.07) is 2.36. The van der Waals surface area contributed by atoms with Crippen LogP contribution in [0.3, 0.4) is 0 Å². The third-order valence-corrected chi connectivity index (χ3v) is 5.10. The van der Waals surface area contributed by atoms with Gasteiger partial charge in [0.25, 0.3) is 0 Å². The minimum absolute atomic E-state index is 0.0446. The second kappa shape index (κ2) is 8.08. The van der Waals surface area contributed by atoms with Crippen LogP contribution in [0.25, 0.3) is 0 Å². The monoisotopic (exact) mass is 336 g/mol. The third kappa shape index (κ3) is 5.21. The molecule has 0 aliphatic rings. The van der Waals surface area contributed by atoms with Crippen LogP contribution in [-0.2, 0) is 16.6 Å². The zero-order valence-corrected chi connectivity index (χ0v) is 14.1. The lowest BCUT2D eigenvalue weighted by atomic mass is 10.1. The Labute approximate surface area is 131 Å². The van der Waals surface area contributed by atoms with Gasteiger partial charge in [-0.05, 0) is 30.2 Å². The minimum atomic E-state index is -3.73. The van der Waals surface area contributed by atoms with Crippen LogP contribution < -0.4 is 10.0 Å². The largest absolute Gasteiger partial charge is 0.313 e. The lowest BCUT2D eigenvalue weighted by Crippen LogP contribution is -2.28. The third-order valence-electron chi connectivity index (χ3n) is 3.27. The van der Waals surface area contributed by atoms with Crippen molar-refractivity contribution < 1.29 is 12.8 Å². The minimum Gasteiger partial charge on any atom is -0.313 e. The molecule has 4 nitrogen and oxygen atoms in total. The summed E-state index contributed by atoms with van der Waals surface area (Å²) in [5.41, 5.74) is 0.433. The first-order valence-electron chi connectivity index (χ1n) is 7.00. The van der Waals surface area contributed by atoms with Crippen LogP contribution in [0.4, 0.5) is 4.39 Å². The van der Waals surface area contributed by atoms with E-state index in [2.05, 4.69) is 10.0 Å². The second-order valence-electron chi connectivity index (χ2n) is 5.02. The summed E-state index contributed by atoms with van der Waals surface area (Å²) in [5, 5.41) is 2.96. The molecule has 21 heavy (non-hydrogen) atoms. The zero-order valence-electron chi connectivity index (χ0n) is 12.5. The SMILES string of the molecule is CCNCc1cc(S(=O)(=O)NCC(C)CC)cc(F)c1Cl. The van der Waals surface area contributed by atoms with E-state index in [4.69, 9.17) is 11.6 Å². The van der Waals surface area contributed by atoms with Crippen molar-refractivity contribution in [2.24, 2.45) is 5.92 Å². The van der Waals surface area contributed by atoms with Crippen LogP contribution in [0.5, 0.6) is 0 Å². The first-order chi connectivity index (χ1) is 9.81. The molecule has 0 saturated heterocycles. The van der Waals surface area contributed by atoms with E-state index in [1.165, 1.54) is 6.07 Å². The van der Waals surface area contributed by atoms with Gasteiger partial charge in [-0.25, -0.2) is 17.5 Å². The van der Waals surface area contributed by atoms with Crippen molar-refractivity contribution in [1.82, 2.24) is 10.0 Å². The van der Waals surface area contributed by atoms with E-state index in [-0.39, 0.29) is 15.8 Å². The molecule has 0 amide bonds. The highest BCUT2D eigenvalue weighted by Crippen LogP contribution is 2.24. The Hall–Kier alpha value is -0.690. The molecule has 0 saturated carbocycles. The molecule has 0 radical (unpaired) electrons. The maximum absolute atomic E-state index is 13.8. The van der Waals surface area contributed by atoms with E-state index in [1.807, 2.05) is 20.8 Å². The van der Waals surface area contributed by atoms with Gasteiger partial charge in [-0.3, -0.25) is 0 Å². The molecule has 0 spiro atoms. The van der Waals surface area contributed by atoms with Gasteiger partial charge in [0.2, 0.25) is 10.0 Å². The molecule has 0 aliphatic carbocycles. The van der Waals surface area contributed by atoms with Crippen molar-refractivity contribution in [3.05, 3.63) is 28.5 Å². The highest BCUT2D eigenvalue weighted by Gasteiger charge is 2.19. The Balaban J connectivity index is 3.03. The van der Waals surface area contributed by atoms with Crippen LogP contribution in [0, 0.1) is 11.7 Å². The fourth-order valence-electron chi connectivity index (χ4n) is 1.64. The fourth-order valence-corrected chi connectivity index (χ4v) is 3.04. The average Bonchev–Trinajstić information content (AvgIpc) is 2.46. The molecule has 120 valence electrons. The van der Waals surface area contributed by atoms with Crippen molar-refractivity contribution in [1.29, 1.82) is 0 Å². The van der Waals surface area contributed by atoms with Crippen LogP contribution in [-0.4, -0.2) is 21.5 Å². The molecular weight excluding hydrogens is 315 g/mol. The molecule has 0 aliphatic heterocycles. The number of nitrogens with one attached hydrogen (secondary N) is 2. The maximum Gasteiger partial charge on any atom is 0.240 e. The van der Waals surface area contributed by atoms with Crippen molar-refractivity contribution in [2.45, 2.75) is 38.6 Å². The number of halogens is 2. The topological polar surface area (TPSA) is 58.2 Å². The van der Waals surface area contributed by atoms with E-state index in [9.17, 15) is 12.8 Å². The summed E-state index contributed by atoms with van der Waals surface area (Å²) in [6.45, 7) is 7.16. The first kappa shape index (κ1) is 18.4. The molecule has 1 atom stereocenters. The van der Waals surface area contributed by atoms with Crippen LogP contribution >= 0.6 is 11.6 Å². The summed E-state index contributed by atoms with van der Waals surface area (Å²) in [6.07, 6.45) is 0.864. The van der Waals surface area contributed by atoms with Gasteiger partial charge in [0, 0.05) is 13.1 Å². The summed E-state index contributed by atoms with van der Waals surface area (Å²) in [7, 11) is -3.73. The Morgan fingerprint density at radius 3 is 2.57 bits per heavy atom. The predicted molar refractivity (Wildman–Crippen MR) is 83.4 cm³/mol. The normalized spacial score (nSPS) is 13.4. The molecular formula is C14H22ClFN2O2S. The van der Waals surface area contributed by atoms with E-state index in [1.54, 1.807) is 0 Å². The summed E-state index contributed by atoms with van der Waals surface area (Å²) in [4.78, 5) is -0.0967. The molecule has 1 rings (SSSR count). The van der Waals surface area contributed by atoms with Gasteiger partial charge < -0.3 is 5.32 Å². The number of hydrogen-bond donors (Lipinski definition) is 2. The number of hydrogen-bond acceptors (Lipinski definition) is 3. The molecule has 0 aromatic heterocycles. The lowest BCUT2D eigenvalue weighted by Gasteiger charge is -2.13. The number of sulfonamides is 1. The molecule has 1 unspecified atom stereocenters. The predicted octanol–water partition coefficient (Wildman–Crippen LogP) is 2.91. The summed E-state index contributed by atoms with van der Waals surface area (Å²) in [5.74, 6) is -0.505. The molecule has 1 aromatic carbocycles. The van der Waals surface area contributed by atoms with E-state index in [0.717, 1.165) is 12.5 Å². The van der Waals surface area contributed by atoms with Crippen molar-refractivity contribution in [3.63, 3.8) is 0 Å². The lowest BCUT2D eigenvalue weighted by molar-refractivity contribution is 0.527. The highest BCUT2D eigenvalue weighted by atomic mass is 35.5. The van der Waals surface area contributed by atoms with Gasteiger partial charge in [-0.15, -0.1) is 0 Å². The highest BCUT2D eigenvalue weighted by molar-refractivity contribution is 7.89. The van der Waals surface area contributed by atoms with Crippen LogP contribution in [0.1, 0.15) is 32.8 Å². The maximum atomic E-state index is 13.8. The first-order valence-corrected chi connectivity index (χ1v) is 8.86. The van der Waals surface area contributed by atoms with Crippen molar-refractivity contribution in [2.75, 3.05) is 13.1 Å². The second-order valence-corrected chi connectivity index (χ2v) is 7.17. The van der Waals surface area contributed by atoms with Crippen molar-refractivity contribution in [3.8, 4) is 0 Å². The quantitative estimate of drug-likeness (QED) is 0.767. The molecule has 1 aromatic rings. The number of rotatable bonds is 8. The summed E-state index contributed by atoms with van der Waals surface area (Å²) < 4.78 is 40.7. The van der Waals surface area contributed by atoms with Crippen LogP contribution in [0.15, 0.2) is 17.0 Å². The van der Waals surface area contributed by atoms with Crippen LogP contribution in [0.2, 0.25) is 5.02 Å². The molecule has 2 N–H and O–H groups in total. The van der Waals surface area contributed by atoms with Gasteiger partial charge in [0.1, 0.15) is 5.82 Å². The average molecular weight is 337 g/mol. The van der Waals surface area contributed by atoms with E-state index < -0.39 is 15.8 Å². The zero-order chi connectivity index (χ0) is 16.0. The molecule has 0 bridgehead atoms. The standard InChI is InChI=1S/C14H22ClFN2O2S/c1-4-10(3)8-18-21(19,20)12-6-11(9-17-5-2)14(15)13(16)7-12/h6-7,10,17-18H,4-5,8-9H2,1-3H3. The smallest absolute Gasteiger partial charge is 0.240 e. The molecule has 0 fully saturated rings. The Kier molecular flexibility index (Phi) is 7.06. The van der Waals surface area contributed by atoms with Gasteiger partial charge >= 0.3 is 0 Å². The summed E-state index contributed by atoms with van der Waals surface area (Å²) >= 11 is 5.87. The Bertz CT molecular complexity index is 579. The van der Waals surface area contributed by atoms with Crippen molar-refractivity contribution >= 4 is 21.6 Å². The Morgan fingerprint density at radius 1 is 1.33 bits per heavy atom. The molecule has 0 heterocycles. The van der Waals surface area contributed by atoms with Gasteiger partial charge in [0.05, 0.1) is 9.92 Å². The van der Waals surface area contributed by atoms with Gasteiger partial charge in [-0.2, -0.15) is 0 Å². The van der Waals surface area contributed by atoms with E-state index >= 15 is 0 Å². The van der Waals surface area contributed by atoms with E-state index in [0.29, 0.717) is 25.2 Å². The van der Waals surface area contributed by atoms with Gasteiger partial charge in [0.15, 0.2) is 0 Å². The van der Waals surface area contributed by atoms with Gasteiger partial charge in [-0.1, -0.05) is 38.8 Å². The number of benzene rings is 1. The fraction of sp³-hybridized carbons (Fsp3) is 0.571.